The second kappa shape index (κ2) is 9.68. The molecule has 2 fully saturated rings. The molecule has 0 spiro atoms. The Morgan fingerprint density at radius 3 is 2.97 bits per heavy atom. The summed E-state index contributed by atoms with van der Waals surface area (Å²) >= 11 is 0. The number of nitrogens with one attached hydrogen (secondary N) is 3. The molecule has 3 N–H and O–H groups in total. The summed E-state index contributed by atoms with van der Waals surface area (Å²) in [5, 5.41) is 6.42. The number of morpholine rings is 1. The van der Waals surface area contributed by atoms with Gasteiger partial charge in [0, 0.05) is 42.5 Å². The average molecular weight is 508 g/mol. The van der Waals surface area contributed by atoms with Crippen LogP contribution in [0.15, 0.2) is 36.7 Å². The van der Waals surface area contributed by atoms with Crippen LogP contribution in [0, 0.1) is 5.82 Å². The van der Waals surface area contributed by atoms with E-state index in [2.05, 4.69) is 32.5 Å². The molecule has 4 heterocycles. The number of halogens is 1. The average Bonchev–Trinajstić information content (AvgIpc) is 3.23. The molecule has 10 heteroatoms. The van der Waals surface area contributed by atoms with Crippen molar-refractivity contribution in [3.63, 3.8) is 0 Å². The van der Waals surface area contributed by atoms with E-state index in [-0.39, 0.29) is 29.7 Å². The zero-order chi connectivity index (χ0) is 25.5. The summed E-state index contributed by atoms with van der Waals surface area (Å²) in [5.41, 5.74) is 3.80. The molecule has 1 aromatic carbocycles. The van der Waals surface area contributed by atoms with Crippen molar-refractivity contribution >= 4 is 17.3 Å². The van der Waals surface area contributed by atoms with E-state index in [1.165, 1.54) is 13.2 Å². The minimum absolute atomic E-state index is 0.0562. The highest BCUT2D eigenvalue weighted by Gasteiger charge is 2.43. The van der Waals surface area contributed by atoms with Crippen molar-refractivity contribution in [2.45, 2.75) is 30.9 Å². The van der Waals surface area contributed by atoms with Gasteiger partial charge in [-0.15, -0.1) is 0 Å². The first-order valence-electron chi connectivity index (χ1n) is 12.6. The number of likely N-dealkylation sites (N-methyl/N-ethyl adjacent to an activating group) is 1. The monoisotopic (exact) mass is 507 g/mol. The van der Waals surface area contributed by atoms with Crippen LogP contribution in [-0.4, -0.2) is 73.4 Å². The molecular weight excluding hydrogens is 477 g/mol. The Balaban J connectivity index is 1.41. The summed E-state index contributed by atoms with van der Waals surface area (Å²) in [4.78, 5) is 23.3. The molecule has 37 heavy (non-hydrogen) atoms. The van der Waals surface area contributed by atoms with Crippen LogP contribution < -0.4 is 20.1 Å². The van der Waals surface area contributed by atoms with Gasteiger partial charge in [-0.3, -0.25) is 9.78 Å². The topological polar surface area (TPSA) is 101 Å². The van der Waals surface area contributed by atoms with Crippen LogP contribution in [0.3, 0.4) is 0 Å². The molecule has 0 radical (unpaired) electrons. The van der Waals surface area contributed by atoms with Gasteiger partial charge in [-0.2, -0.15) is 0 Å². The third-order valence-electron chi connectivity index (χ3n) is 7.47. The smallest absolute Gasteiger partial charge is 0.255 e. The van der Waals surface area contributed by atoms with Gasteiger partial charge in [-0.1, -0.05) is 6.07 Å². The number of H-pyrrole nitrogens is 1. The van der Waals surface area contributed by atoms with Crippen molar-refractivity contribution < 1.29 is 23.4 Å². The van der Waals surface area contributed by atoms with Crippen molar-refractivity contribution in [1.29, 1.82) is 0 Å². The largest absolute Gasteiger partial charge is 0.492 e. The Morgan fingerprint density at radius 2 is 2.19 bits per heavy atom. The molecule has 9 nitrogen and oxygen atoms in total. The van der Waals surface area contributed by atoms with E-state index in [1.807, 2.05) is 6.07 Å². The molecule has 0 bridgehead atoms. The van der Waals surface area contributed by atoms with E-state index >= 15 is 0 Å². The summed E-state index contributed by atoms with van der Waals surface area (Å²) in [7, 11) is 3.48. The number of benzene rings is 1. The molecular formula is C27H30FN5O4. The number of hydrogen-bond acceptors (Lipinski definition) is 7. The summed E-state index contributed by atoms with van der Waals surface area (Å²) in [6.45, 7) is 2.71. The fourth-order valence-electron chi connectivity index (χ4n) is 5.42. The van der Waals surface area contributed by atoms with E-state index in [1.54, 1.807) is 24.5 Å². The second-order valence-electron chi connectivity index (χ2n) is 9.81. The van der Waals surface area contributed by atoms with Crippen LogP contribution in [-0.2, 0) is 4.74 Å². The van der Waals surface area contributed by atoms with Gasteiger partial charge in [0.2, 0.25) is 0 Å². The number of rotatable bonds is 7. The minimum atomic E-state index is -0.493. The number of methoxy groups -OCH3 is 1. The Bertz CT molecular complexity index is 1330. The maximum atomic E-state index is 14.5. The lowest BCUT2D eigenvalue weighted by Gasteiger charge is -2.40. The molecule has 1 saturated carbocycles. The van der Waals surface area contributed by atoms with Gasteiger partial charge < -0.3 is 34.7 Å². The molecule has 3 unspecified atom stereocenters. The van der Waals surface area contributed by atoms with Crippen LogP contribution in [0.5, 0.6) is 11.5 Å². The van der Waals surface area contributed by atoms with Crippen LogP contribution in [0.1, 0.15) is 34.8 Å². The number of amides is 1. The second-order valence-corrected chi connectivity index (χ2v) is 9.81. The number of para-hydroxylation sites is 1. The Kier molecular flexibility index (Phi) is 6.21. The Labute approximate surface area is 214 Å². The van der Waals surface area contributed by atoms with Gasteiger partial charge in [0.05, 0.1) is 42.5 Å². The lowest BCUT2D eigenvalue weighted by atomic mass is 9.74. The predicted molar refractivity (Wildman–Crippen MR) is 136 cm³/mol. The Hall–Kier alpha value is -3.63. The summed E-state index contributed by atoms with van der Waals surface area (Å²) in [6.07, 6.45) is 5.22. The van der Waals surface area contributed by atoms with Crippen molar-refractivity contribution in [3.05, 3.63) is 53.7 Å². The van der Waals surface area contributed by atoms with Crippen molar-refractivity contribution in [3.8, 4) is 22.8 Å². The maximum Gasteiger partial charge on any atom is 0.255 e. The van der Waals surface area contributed by atoms with E-state index in [4.69, 9.17) is 14.2 Å². The number of nitrogens with zero attached hydrogens (tertiary/aromatic N) is 2. The number of aromatic amines is 1. The van der Waals surface area contributed by atoms with Crippen LogP contribution in [0.25, 0.3) is 11.3 Å². The number of aromatic nitrogens is 2. The lowest BCUT2D eigenvalue weighted by Crippen LogP contribution is -2.49. The zero-order valence-electron chi connectivity index (χ0n) is 20.8. The quantitative estimate of drug-likeness (QED) is 0.449. The van der Waals surface area contributed by atoms with Crippen LogP contribution in [0.2, 0.25) is 0 Å². The van der Waals surface area contributed by atoms with E-state index in [9.17, 15) is 9.18 Å². The fraction of sp³-hybridized carbons (Fsp3) is 0.407. The summed E-state index contributed by atoms with van der Waals surface area (Å²) in [5.74, 6) is 0.191. The van der Waals surface area contributed by atoms with Gasteiger partial charge in [0.1, 0.15) is 18.5 Å². The van der Waals surface area contributed by atoms with Crippen molar-refractivity contribution in [1.82, 2.24) is 20.2 Å². The normalized spacial score (nSPS) is 22.9. The number of ether oxygens (including phenoxy) is 3. The molecule has 1 saturated heterocycles. The number of pyridine rings is 1. The van der Waals surface area contributed by atoms with E-state index in [0.717, 1.165) is 37.2 Å². The summed E-state index contributed by atoms with van der Waals surface area (Å²) < 4.78 is 31.9. The molecule has 1 amide bonds. The molecule has 2 aliphatic heterocycles. The standard InChI is InChI=1S/C27H30FN5O4/c1-33-10-11-36-15(13-33)14-37-21-12-29-9-8-17(21)24-25(30-20-5-3-4-18(28)26(20)35-2)22-23(32-24)16-6-7-19(16)31-27(22)34/h3-5,8-9,12,15-16,19,30,32H,6-7,10-11,13-14H2,1-2H3,(H,31,34). The number of anilines is 2. The molecule has 3 aliphatic rings. The van der Waals surface area contributed by atoms with Gasteiger partial charge in [-0.25, -0.2) is 4.39 Å². The van der Waals surface area contributed by atoms with Crippen LogP contribution in [0.4, 0.5) is 15.8 Å². The van der Waals surface area contributed by atoms with Gasteiger partial charge in [0.15, 0.2) is 11.6 Å². The van der Waals surface area contributed by atoms with Gasteiger partial charge >= 0.3 is 0 Å². The van der Waals surface area contributed by atoms with E-state index < -0.39 is 5.82 Å². The van der Waals surface area contributed by atoms with Crippen molar-refractivity contribution in [2.24, 2.45) is 0 Å². The first-order chi connectivity index (χ1) is 18.0. The third kappa shape index (κ3) is 4.30. The highest BCUT2D eigenvalue weighted by molar-refractivity contribution is 6.07. The van der Waals surface area contributed by atoms with Gasteiger partial charge in [-0.05, 0) is 38.1 Å². The molecule has 3 aromatic rings. The Morgan fingerprint density at radius 1 is 1.30 bits per heavy atom. The lowest BCUT2D eigenvalue weighted by molar-refractivity contribution is -0.0403. The first kappa shape index (κ1) is 23.7. The third-order valence-corrected chi connectivity index (χ3v) is 7.47. The zero-order valence-corrected chi connectivity index (χ0v) is 20.8. The molecule has 6 rings (SSSR count). The maximum absolute atomic E-state index is 14.5. The van der Waals surface area contributed by atoms with E-state index in [0.29, 0.717) is 41.6 Å². The minimum Gasteiger partial charge on any atom is -0.492 e. The van der Waals surface area contributed by atoms with Crippen molar-refractivity contribution in [2.75, 3.05) is 45.8 Å². The molecule has 1 aliphatic carbocycles. The summed E-state index contributed by atoms with van der Waals surface area (Å²) in [6, 6.07) is 6.63. The SMILES string of the molecule is COc1c(F)cccc1Nc1c(-c2ccncc2OCC2CN(C)CCO2)[nH]c2c1C(=O)NC1CCC21. The highest BCUT2D eigenvalue weighted by Crippen LogP contribution is 2.48. The number of carbonyl (C=O) groups excluding carboxylic acids is 1. The molecule has 2 aromatic heterocycles. The number of carbonyl (C=O) groups is 1. The first-order valence-corrected chi connectivity index (χ1v) is 12.6. The molecule has 194 valence electrons. The van der Waals surface area contributed by atoms with Crippen LogP contribution >= 0.6 is 0 Å². The fourth-order valence-corrected chi connectivity index (χ4v) is 5.42. The number of fused-ring (bicyclic) bond motifs is 3. The predicted octanol–water partition coefficient (Wildman–Crippen LogP) is 3.67. The van der Waals surface area contributed by atoms with Gasteiger partial charge in [0.25, 0.3) is 5.91 Å². The molecule has 3 atom stereocenters. The highest BCUT2D eigenvalue weighted by atomic mass is 19.1. The number of hydrogen-bond donors (Lipinski definition) is 3.